The van der Waals surface area contributed by atoms with Crippen LogP contribution in [0.3, 0.4) is 0 Å². The minimum absolute atomic E-state index is 0.0726. The molecule has 0 bridgehead atoms. The Morgan fingerprint density at radius 3 is 2.73 bits per heavy atom. The van der Waals surface area contributed by atoms with Crippen molar-refractivity contribution in [3.8, 4) is 10.4 Å². The second-order valence-electron chi connectivity index (χ2n) is 5.72. The number of aryl methyl sites for hydroxylation is 1. The van der Waals surface area contributed by atoms with Gasteiger partial charge in [-0.2, -0.15) is 5.10 Å². The predicted molar refractivity (Wildman–Crippen MR) is 102 cm³/mol. The molecule has 1 aromatic carbocycles. The number of nitrogens with one attached hydrogen (secondary N) is 1. The van der Waals surface area contributed by atoms with Gasteiger partial charge in [-0.15, -0.1) is 11.3 Å². The van der Waals surface area contributed by atoms with Crippen LogP contribution in [0.4, 0.5) is 4.39 Å². The Kier molecular flexibility index (Phi) is 5.47. The van der Waals surface area contributed by atoms with E-state index < -0.39 is 15.8 Å². The molecular weight excluding hydrogens is 397 g/mol. The molecule has 3 aromatic rings. The van der Waals surface area contributed by atoms with E-state index in [0.717, 1.165) is 34.0 Å². The molecule has 0 amide bonds. The molecule has 0 saturated carbocycles. The number of aromatic nitrogens is 2. The highest BCUT2D eigenvalue weighted by Gasteiger charge is 2.17. The molecule has 9 heteroatoms. The third-order valence-electron chi connectivity index (χ3n) is 3.97. The molecule has 1 N–H and O–H groups in total. The van der Waals surface area contributed by atoms with Crippen LogP contribution in [-0.2, 0) is 16.6 Å². The van der Waals surface area contributed by atoms with E-state index in [2.05, 4.69) is 9.82 Å². The minimum Gasteiger partial charge on any atom is -0.268 e. The van der Waals surface area contributed by atoms with E-state index in [9.17, 15) is 12.8 Å². The normalized spacial score (nSPS) is 11.8. The largest absolute Gasteiger partial charge is 0.268 e. The first-order valence-corrected chi connectivity index (χ1v) is 10.6. The summed E-state index contributed by atoms with van der Waals surface area (Å²) in [7, 11) is -3.77. The van der Waals surface area contributed by atoms with Gasteiger partial charge in [-0.1, -0.05) is 17.7 Å². The number of thiophene rings is 1. The van der Waals surface area contributed by atoms with Crippen LogP contribution in [0.25, 0.3) is 10.4 Å². The summed E-state index contributed by atoms with van der Waals surface area (Å²) in [6.45, 7) is 4.43. The van der Waals surface area contributed by atoms with Crippen LogP contribution in [0.2, 0.25) is 5.02 Å². The number of rotatable bonds is 6. The molecule has 0 fully saturated rings. The molecule has 2 heterocycles. The SMILES string of the molecule is Cc1nn(CCNS(=O)(=O)c2ccc(F)c(Cl)c2)c(C)c1-c1cccs1. The number of hydrogen-bond donors (Lipinski definition) is 1. The highest BCUT2D eigenvalue weighted by molar-refractivity contribution is 7.89. The van der Waals surface area contributed by atoms with E-state index in [1.807, 2.05) is 31.4 Å². The summed E-state index contributed by atoms with van der Waals surface area (Å²) in [5.74, 6) is -0.658. The highest BCUT2D eigenvalue weighted by Crippen LogP contribution is 2.30. The Bertz CT molecular complexity index is 1030. The van der Waals surface area contributed by atoms with Gasteiger partial charge >= 0.3 is 0 Å². The molecule has 0 aliphatic heterocycles. The quantitative estimate of drug-likeness (QED) is 0.664. The van der Waals surface area contributed by atoms with Gasteiger partial charge in [0.1, 0.15) is 5.82 Å². The Morgan fingerprint density at radius 1 is 1.31 bits per heavy atom. The smallest absolute Gasteiger partial charge is 0.240 e. The molecule has 0 unspecified atom stereocenters. The standard InChI is InChI=1S/C17H17ClFN3O2S2/c1-11-17(16-4-3-9-25-16)12(2)22(21-11)8-7-20-26(23,24)13-5-6-15(19)14(18)10-13/h3-6,9-10,20H,7-8H2,1-2H3. The molecule has 5 nitrogen and oxygen atoms in total. The van der Waals surface area contributed by atoms with E-state index in [0.29, 0.717) is 6.54 Å². The first-order valence-electron chi connectivity index (χ1n) is 7.82. The Morgan fingerprint density at radius 2 is 2.08 bits per heavy atom. The lowest BCUT2D eigenvalue weighted by atomic mass is 10.1. The zero-order valence-electron chi connectivity index (χ0n) is 14.2. The van der Waals surface area contributed by atoms with Crippen molar-refractivity contribution in [3.05, 3.63) is 57.9 Å². The zero-order chi connectivity index (χ0) is 18.9. The van der Waals surface area contributed by atoms with Crippen molar-refractivity contribution >= 4 is 33.0 Å². The molecule has 138 valence electrons. The predicted octanol–water partition coefficient (Wildman–Crippen LogP) is 4.00. The van der Waals surface area contributed by atoms with E-state index >= 15 is 0 Å². The molecule has 0 spiro atoms. The summed E-state index contributed by atoms with van der Waals surface area (Å²) in [4.78, 5) is 1.06. The van der Waals surface area contributed by atoms with E-state index in [-0.39, 0.29) is 16.5 Å². The first kappa shape index (κ1) is 19.0. The molecule has 0 atom stereocenters. The van der Waals surface area contributed by atoms with E-state index in [4.69, 9.17) is 11.6 Å². The second-order valence-corrected chi connectivity index (χ2v) is 8.84. The summed E-state index contributed by atoms with van der Waals surface area (Å²) < 4.78 is 42.1. The van der Waals surface area contributed by atoms with Crippen molar-refractivity contribution in [1.82, 2.24) is 14.5 Å². The van der Waals surface area contributed by atoms with Crippen molar-refractivity contribution < 1.29 is 12.8 Å². The monoisotopic (exact) mass is 413 g/mol. The van der Waals surface area contributed by atoms with Gasteiger partial charge in [0, 0.05) is 22.7 Å². The fraction of sp³-hybridized carbons (Fsp3) is 0.235. The first-order chi connectivity index (χ1) is 12.3. The second kappa shape index (κ2) is 7.48. The third-order valence-corrected chi connectivity index (χ3v) is 6.60. The van der Waals surface area contributed by atoms with Gasteiger partial charge in [-0.3, -0.25) is 4.68 Å². The lowest BCUT2D eigenvalue weighted by molar-refractivity contribution is 0.554. The molecule has 0 aliphatic rings. The number of sulfonamides is 1. The van der Waals surface area contributed by atoms with Crippen LogP contribution in [0.15, 0.2) is 40.6 Å². The maximum absolute atomic E-state index is 13.2. The van der Waals surface area contributed by atoms with Gasteiger partial charge in [-0.25, -0.2) is 17.5 Å². The van der Waals surface area contributed by atoms with Crippen LogP contribution in [0, 0.1) is 19.7 Å². The number of halogens is 2. The highest BCUT2D eigenvalue weighted by atomic mass is 35.5. The Labute approximate surface area is 160 Å². The molecular formula is C17H17ClFN3O2S2. The average molecular weight is 414 g/mol. The van der Waals surface area contributed by atoms with Crippen molar-refractivity contribution in [3.63, 3.8) is 0 Å². The van der Waals surface area contributed by atoms with Gasteiger partial charge < -0.3 is 0 Å². The van der Waals surface area contributed by atoms with E-state index in [1.165, 1.54) is 6.07 Å². The average Bonchev–Trinajstić information content (AvgIpc) is 3.18. The van der Waals surface area contributed by atoms with Crippen LogP contribution in [-0.4, -0.2) is 24.7 Å². The lowest BCUT2D eigenvalue weighted by Gasteiger charge is -2.09. The fourth-order valence-corrected chi connectivity index (χ4v) is 4.87. The van der Waals surface area contributed by atoms with Crippen LogP contribution in [0.5, 0.6) is 0 Å². The van der Waals surface area contributed by atoms with Gasteiger partial charge in [0.25, 0.3) is 0 Å². The number of nitrogens with zero attached hydrogens (tertiary/aromatic N) is 2. The van der Waals surface area contributed by atoms with Gasteiger partial charge in [0.2, 0.25) is 10.0 Å². The Balaban J connectivity index is 1.72. The van der Waals surface area contributed by atoms with Crippen LogP contribution in [0.1, 0.15) is 11.4 Å². The fourth-order valence-electron chi connectivity index (χ4n) is 2.71. The molecule has 26 heavy (non-hydrogen) atoms. The molecule has 2 aromatic heterocycles. The molecule has 0 saturated heterocycles. The summed E-state index contributed by atoms with van der Waals surface area (Å²) in [5, 5.41) is 6.28. The van der Waals surface area contributed by atoms with Gasteiger partial charge in [0.15, 0.2) is 0 Å². The molecule has 0 radical (unpaired) electrons. The van der Waals surface area contributed by atoms with Crippen LogP contribution >= 0.6 is 22.9 Å². The summed E-state index contributed by atoms with van der Waals surface area (Å²) in [5.41, 5.74) is 2.96. The maximum Gasteiger partial charge on any atom is 0.240 e. The van der Waals surface area contributed by atoms with Gasteiger partial charge in [0.05, 0.1) is 22.2 Å². The van der Waals surface area contributed by atoms with E-state index in [1.54, 1.807) is 16.0 Å². The zero-order valence-corrected chi connectivity index (χ0v) is 16.6. The Hall–Kier alpha value is -1.74. The minimum atomic E-state index is -3.77. The summed E-state index contributed by atoms with van der Waals surface area (Å²) in [6, 6.07) is 7.33. The lowest BCUT2D eigenvalue weighted by Crippen LogP contribution is -2.28. The molecule has 0 aliphatic carbocycles. The topological polar surface area (TPSA) is 64.0 Å². The van der Waals surface area contributed by atoms with Crippen molar-refractivity contribution in [1.29, 1.82) is 0 Å². The summed E-state index contributed by atoms with van der Waals surface area (Å²) in [6.07, 6.45) is 0. The van der Waals surface area contributed by atoms with Gasteiger partial charge in [-0.05, 0) is 43.5 Å². The third kappa shape index (κ3) is 3.83. The maximum atomic E-state index is 13.2. The van der Waals surface area contributed by atoms with Crippen molar-refractivity contribution in [2.45, 2.75) is 25.3 Å². The van der Waals surface area contributed by atoms with Crippen LogP contribution < -0.4 is 4.72 Å². The number of benzene rings is 1. The summed E-state index contributed by atoms with van der Waals surface area (Å²) >= 11 is 7.30. The van der Waals surface area contributed by atoms with Crippen molar-refractivity contribution in [2.75, 3.05) is 6.54 Å². The molecule has 3 rings (SSSR count). The number of hydrogen-bond acceptors (Lipinski definition) is 4. The van der Waals surface area contributed by atoms with Crippen molar-refractivity contribution in [2.24, 2.45) is 0 Å².